The van der Waals surface area contributed by atoms with Crippen LogP contribution in [0.2, 0.25) is 0 Å². The molecule has 190 valence electrons. The molecule has 2 aromatic carbocycles. The molecule has 0 radical (unpaired) electrons. The summed E-state index contributed by atoms with van der Waals surface area (Å²) in [5.41, 5.74) is 3.10. The van der Waals surface area contributed by atoms with Gasteiger partial charge in [0.1, 0.15) is 11.5 Å². The molecule has 0 aliphatic carbocycles. The summed E-state index contributed by atoms with van der Waals surface area (Å²) in [6, 6.07) is 22.7. The minimum absolute atomic E-state index is 0.00525. The van der Waals surface area contributed by atoms with Crippen molar-refractivity contribution < 1.29 is 9.53 Å². The van der Waals surface area contributed by atoms with Crippen molar-refractivity contribution in [3.63, 3.8) is 0 Å². The van der Waals surface area contributed by atoms with Gasteiger partial charge in [0.25, 0.3) is 5.56 Å². The van der Waals surface area contributed by atoms with E-state index in [9.17, 15) is 9.59 Å². The third-order valence-electron chi connectivity index (χ3n) is 6.59. The van der Waals surface area contributed by atoms with E-state index in [0.29, 0.717) is 37.1 Å². The Kier molecular flexibility index (Phi) is 6.93. The van der Waals surface area contributed by atoms with Crippen molar-refractivity contribution in [1.82, 2.24) is 20.1 Å². The number of aromatic nitrogens is 3. The largest absolute Gasteiger partial charge is 0.477 e. The number of amides is 2. The number of carbonyl (C=O) groups is 1. The maximum Gasteiger partial charge on any atom is 0.320 e. The zero-order valence-electron chi connectivity index (χ0n) is 20.8. The highest BCUT2D eigenvalue weighted by Crippen LogP contribution is 2.31. The summed E-state index contributed by atoms with van der Waals surface area (Å²) in [6.07, 6.45) is 1.62. The second-order valence-corrected chi connectivity index (χ2v) is 8.97. The summed E-state index contributed by atoms with van der Waals surface area (Å²) in [4.78, 5) is 30.6. The van der Waals surface area contributed by atoms with Crippen LogP contribution >= 0.6 is 0 Å². The smallest absolute Gasteiger partial charge is 0.320 e. The van der Waals surface area contributed by atoms with Crippen LogP contribution in [0.5, 0.6) is 5.88 Å². The number of hydrogen-bond acceptors (Lipinski definition) is 5. The highest BCUT2D eigenvalue weighted by molar-refractivity contribution is 5.90. The summed E-state index contributed by atoms with van der Waals surface area (Å²) < 4.78 is 7.38. The Labute approximate surface area is 215 Å². The Morgan fingerprint density at radius 1 is 1.05 bits per heavy atom. The molecule has 0 spiro atoms. The average molecular weight is 499 g/mol. The first kappa shape index (κ1) is 24.2. The predicted octanol–water partition coefficient (Wildman–Crippen LogP) is 4.06. The number of pyridine rings is 1. The van der Waals surface area contributed by atoms with Gasteiger partial charge in [0.2, 0.25) is 5.88 Å². The van der Waals surface area contributed by atoms with E-state index >= 15 is 0 Å². The number of rotatable bonds is 7. The molecule has 0 saturated carbocycles. The first-order valence-electron chi connectivity index (χ1n) is 12.4. The van der Waals surface area contributed by atoms with Gasteiger partial charge in [-0.15, -0.1) is 5.10 Å². The van der Waals surface area contributed by atoms with E-state index in [-0.39, 0.29) is 23.6 Å². The molecule has 0 unspecified atom stereocenters. The molecule has 4 aromatic rings. The van der Waals surface area contributed by atoms with Crippen LogP contribution in [0.3, 0.4) is 0 Å². The molecule has 9 nitrogen and oxygen atoms in total. The molecule has 0 bridgehead atoms. The van der Waals surface area contributed by atoms with Gasteiger partial charge in [-0.2, -0.15) is 0 Å². The zero-order valence-corrected chi connectivity index (χ0v) is 20.8. The first-order valence-corrected chi connectivity index (χ1v) is 12.4. The summed E-state index contributed by atoms with van der Waals surface area (Å²) in [6.45, 7) is 5.35. The van der Waals surface area contributed by atoms with Gasteiger partial charge >= 0.3 is 6.03 Å². The highest BCUT2D eigenvalue weighted by atomic mass is 16.5. The summed E-state index contributed by atoms with van der Waals surface area (Å²) >= 11 is 0. The van der Waals surface area contributed by atoms with Crippen molar-refractivity contribution in [3.8, 4) is 11.6 Å². The number of nitrogens with one attached hydrogen (secondary N) is 3. The van der Waals surface area contributed by atoms with Crippen LogP contribution in [0.1, 0.15) is 24.0 Å². The number of nitrogens with zero attached hydrogens (tertiary/aromatic N) is 3. The Morgan fingerprint density at radius 2 is 1.78 bits per heavy atom. The second kappa shape index (κ2) is 10.6. The number of urea groups is 1. The molecule has 2 amide bonds. The van der Waals surface area contributed by atoms with E-state index in [1.165, 1.54) is 0 Å². The number of H-pyrrole nitrogens is 1. The molecular formula is C28H30N6O3. The van der Waals surface area contributed by atoms with Crippen LogP contribution in [0.4, 0.5) is 16.3 Å². The maximum absolute atomic E-state index is 13.4. The number of benzene rings is 2. The van der Waals surface area contributed by atoms with E-state index in [0.717, 1.165) is 16.8 Å². The fourth-order valence-corrected chi connectivity index (χ4v) is 4.81. The van der Waals surface area contributed by atoms with Crippen LogP contribution in [0.15, 0.2) is 83.8 Å². The fraction of sp³-hybridized carbons (Fsp3) is 0.250. The molecule has 3 N–H and O–H groups in total. The molecule has 2 aromatic heterocycles. The highest BCUT2D eigenvalue weighted by Gasteiger charge is 2.36. The van der Waals surface area contributed by atoms with Crippen molar-refractivity contribution >= 4 is 17.5 Å². The van der Waals surface area contributed by atoms with Crippen molar-refractivity contribution in [3.05, 3.63) is 100 Å². The maximum atomic E-state index is 13.4. The van der Waals surface area contributed by atoms with Gasteiger partial charge < -0.3 is 19.9 Å². The molecule has 1 fully saturated rings. The Hall–Kier alpha value is -4.53. The van der Waals surface area contributed by atoms with Crippen LogP contribution < -0.4 is 25.8 Å². The minimum Gasteiger partial charge on any atom is -0.477 e. The van der Waals surface area contributed by atoms with Crippen LogP contribution in [0, 0.1) is 6.92 Å². The minimum atomic E-state index is -0.349. The van der Waals surface area contributed by atoms with Gasteiger partial charge in [-0.25, -0.2) is 9.48 Å². The molecular weight excluding hydrogens is 468 g/mol. The van der Waals surface area contributed by atoms with Gasteiger partial charge in [-0.3, -0.25) is 10.1 Å². The third-order valence-corrected chi connectivity index (χ3v) is 6.59. The van der Waals surface area contributed by atoms with Crippen molar-refractivity contribution in [2.24, 2.45) is 0 Å². The lowest BCUT2D eigenvalue weighted by Gasteiger charge is -2.20. The Bertz CT molecular complexity index is 1420. The molecule has 1 aliphatic heterocycles. The van der Waals surface area contributed by atoms with Crippen molar-refractivity contribution in [1.29, 1.82) is 0 Å². The van der Waals surface area contributed by atoms with Gasteiger partial charge in [0.15, 0.2) is 0 Å². The van der Waals surface area contributed by atoms with Crippen LogP contribution in [-0.4, -0.2) is 46.5 Å². The molecule has 2 atom stereocenters. The monoisotopic (exact) mass is 498 g/mol. The van der Waals surface area contributed by atoms with E-state index in [2.05, 4.69) is 32.8 Å². The van der Waals surface area contributed by atoms with E-state index < -0.39 is 0 Å². The van der Waals surface area contributed by atoms with Gasteiger partial charge in [-0.1, -0.05) is 48.5 Å². The van der Waals surface area contributed by atoms with Crippen LogP contribution in [0.25, 0.3) is 5.69 Å². The summed E-state index contributed by atoms with van der Waals surface area (Å²) in [7, 11) is 0. The lowest BCUT2D eigenvalue weighted by atomic mass is 9.94. The van der Waals surface area contributed by atoms with E-state index in [1.54, 1.807) is 16.9 Å². The van der Waals surface area contributed by atoms with Gasteiger partial charge in [0.05, 0.1) is 23.9 Å². The Morgan fingerprint density at radius 3 is 2.49 bits per heavy atom. The number of hydrogen-bond donors (Lipinski definition) is 3. The number of carbonyl (C=O) groups excluding carboxylic acids is 1. The standard InChI is InChI=1S/C28H30N6O3/c1-3-37-27-19(2)25(34(32-27)21-13-8-5-9-14-21)31-28(36)30-23-18-33(24-15-10-16-29-26(24)35)17-22(23)20-11-6-4-7-12-20/h4-16,22-23H,3,17-18H2,1-2H3,(H,29,35)(H2,30,31,36)/t22-,23+/m0/s1. The third kappa shape index (κ3) is 5.06. The number of aromatic amines is 1. The molecule has 5 rings (SSSR count). The molecule has 9 heteroatoms. The van der Waals surface area contributed by atoms with Crippen molar-refractivity contribution in [2.75, 3.05) is 29.9 Å². The molecule has 37 heavy (non-hydrogen) atoms. The Balaban J connectivity index is 1.41. The quantitative estimate of drug-likeness (QED) is 0.357. The second-order valence-electron chi connectivity index (χ2n) is 8.97. The summed E-state index contributed by atoms with van der Waals surface area (Å²) in [5, 5.41) is 10.7. The van der Waals surface area contributed by atoms with E-state index in [1.807, 2.05) is 73.3 Å². The number of para-hydroxylation sites is 1. The summed E-state index contributed by atoms with van der Waals surface area (Å²) in [5.74, 6) is 1.02. The lowest BCUT2D eigenvalue weighted by Crippen LogP contribution is -2.42. The lowest BCUT2D eigenvalue weighted by molar-refractivity contribution is 0.248. The first-order chi connectivity index (χ1) is 18.0. The topological polar surface area (TPSA) is 104 Å². The fourth-order valence-electron chi connectivity index (χ4n) is 4.81. The molecule has 1 saturated heterocycles. The molecule has 1 aliphatic rings. The normalized spacial score (nSPS) is 17.0. The van der Waals surface area contributed by atoms with Crippen LogP contribution in [-0.2, 0) is 0 Å². The van der Waals surface area contributed by atoms with Crippen molar-refractivity contribution in [2.45, 2.75) is 25.8 Å². The van der Waals surface area contributed by atoms with Gasteiger partial charge in [0, 0.05) is 25.2 Å². The number of anilines is 2. The predicted molar refractivity (Wildman–Crippen MR) is 144 cm³/mol. The SMILES string of the molecule is CCOc1nn(-c2ccccc2)c(NC(=O)N[C@@H]2CN(c3ccc[nH]c3=O)C[C@H]2c2ccccc2)c1C. The average Bonchev–Trinajstić information content (AvgIpc) is 3.47. The van der Waals surface area contributed by atoms with Gasteiger partial charge in [-0.05, 0) is 43.7 Å². The zero-order chi connectivity index (χ0) is 25.8. The molecule has 3 heterocycles. The number of ether oxygens (including phenoxy) is 1. The van der Waals surface area contributed by atoms with E-state index in [4.69, 9.17) is 4.74 Å².